The fraction of sp³-hybridized carbons (Fsp3) is 0.556. The number of nitrogens with one attached hydrogen (secondary N) is 1. The molecule has 0 aliphatic heterocycles. The molecule has 1 saturated carbocycles. The maximum absolute atomic E-state index is 12.6. The van der Waals surface area contributed by atoms with Crippen molar-refractivity contribution in [2.24, 2.45) is 5.41 Å². The van der Waals surface area contributed by atoms with Crippen LogP contribution in [0.15, 0.2) is 18.2 Å². The molecule has 138 valence electrons. The highest BCUT2D eigenvalue weighted by Gasteiger charge is 2.39. The lowest BCUT2D eigenvalue weighted by Crippen LogP contribution is -2.44. The number of ether oxygens (including phenoxy) is 2. The number of benzene rings is 1. The van der Waals surface area contributed by atoms with E-state index < -0.39 is 11.4 Å². The first-order valence-electron chi connectivity index (χ1n) is 8.41. The van der Waals surface area contributed by atoms with Gasteiger partial charge in [-0.25, -0.2) is 0 Å². The molecule has 1 aromatic carbocycles. The minimum absolute atomic E-state index is 0.102. The average Bonchev–Trinajstić information content (AvgIpc) is 2.61. The zero-order valence-electron chi connectivity index (χ0n) is 14.3. The lowest BCUT2D eigenvalue weighted by atomic mass is 9.74. The Kier molecular flexibility index (Phi) is 7.08. The number of rotatable bonds is 8. The molecule has 0 spiro atoms. The number of hydrogen-bond donors (Lipinski definition) is 2. The van der Waals surface area contributed by atoms with Crippen LogP contribution in [0.3, 0.4) is 0 Å². The maximum Gasteiger partial charge on any atom is 0.311 e. The van der Waals surface area contributed by atoms with Gasteiger partial charge in [-0.2, -0.15) is 0 Å². The first kappa shape index (κ1) is 19.5. The number of methoxy groups -OCH3 is 1. The van der Waals surface area contributed by atoms with E-state index in [1.807, 2.05) is 0 Å². The second kappa shape index (κ2) is 9.06. The van der Waals surface area contributed by atoms with Gasteiger partial charge in [0, 0.05) is 18.7 Å². The SMILES string of the molecule is COCCOc1ccc(Cl)cc1C(=O)NCC1(C(=O)O)CCCCC1. The van der Waals surface area contributed by atoms with Crippen molar-refractivity contribution in [1.82, 2.24) is 5.32 Å². The van der Waals surface area contributed by atoms with E-state index in [4.69, 9.17) is 21.1 Å². The van der Waals surface area contributed by atoms with Gasteiger partial charge in [-0.05, 0) is 31.0 Å². The summed E-state index contributed by atoms with van der Waals surface area (Å²) in [6.07, 6.45) is 3.93. The number of carbonyl (C=O) groups excluding carboxylic acids is 1. The van der Waals surface area contributed by atoms with Crippen LogP contribution in [0.1, 0.15) is 42.5 Å². The van der Waals surface area contributed by atoms with Gasteiger partial charge in [0.1, 0.15) is 12.4 Å². The van der Waals surface area contributed by atoms with Gasteiger partial charge in [-0.1, -0.05) is 30.9 Å². The summed E-state index contributed by atoms with van der Waals surface area (Å²) < 4.78 is 10.5. The number of amides is 1. The van der Waals surface area contributed by atoms with E-state index >= 15 is 0 Å². The van der Waals surface area contributed by atoms with Gasteiger partial charge < -0.3 is 19.9 Å². The standard InChI is InChI=1S/C18H24ClNO5/c1-24-9-10-25-15-6-5-13(19)11-14(15)16(21)20-12-18(17(22)23)7-3-2-4-8-18/h5-6,11H,2-4,7-10,12H2,1H3,(H,20,21)(H,22,23). The molecule has 1 aliphatic rings. The third kappa shape index (κ3) is 5.09. The van der Waals surface area contributed by atoms with E-state index in [1.165, 1.54) is 6.07 Å². The van der Waals surface area contributed by atoms with Crippen LogP contribution < -0.4 is 10.1 Å². The van der Waals surface area contributed by atoms with Gasteiger partial charge in [0.15, 0.2) is 0 Å². The van der Waals surface area contributed by atoms with Crippen LogP contribution in [0, 0.1) is 5.41 Å². The molecule has 0 radical (unpaired) electrons. The third-order valence-electron chi connectivity index (χ3n) is 4.58. The molecule has 0 unspecified atom stereocenters. The number of carboxylic acid groups (broad SMARTS) is 1. The third-order valence-corrected chi connectivity index (χ3v) is 4.82. The quantitative estimate of drug-likeness (QED) is 0.688. The first-order chi connectivity index (χ1) is 12.0. The molecule has 6 nitrogen and oxygen atoms in total. The number of aliphatic carboxylic acids is 1. The molecule has 1 aliphatic carbocycles. The summed E-state index contributed by atoms with van der Waals surface area (Å²) in [6, 6.07) is 4.79. The highest BCUT2D eigenvalue weighted by atomic mass is 35.5. The topological polar surface area (TPSA) is 84.9 Å². The van der Waals surface area contributed by atoms with Crippen LogP contribution in [0.4, 0.5) is 0 Å². The van der Waals surface area contributed by atoms with Gasteiger partial charge in [-0.3, -0.25) is 9.59 Å². The smallest absolute Gasteiger partial charge is 0.311 e. The zero-order chi connectivity index (χ0) is 18.3. The predicted molar refractivity (Wildman–Crippen MR) is 94.3 cm³/mol. The van der Waals surface area contributed by atoms with Crippen molar-refractivity contribution in [3.05, 3.63) is 28.8 Å². The van der Waals surface area contributed by atoms with Crippen molar-refractivity contribution in [2.45, 2.75) is 32.1 Å². The normalized spacial score (nSPS) is 16.2. The van der Waals surface area contributed by atoms with E-state index in [-0.39, 0.29) is 12.5 Å². The molecule has 0 atom stereocenters. The summed E-state index contributed by atoms with van der Waals surface area (Å²) in [5.74, 6) is -0.844. The molecular weight excluding hydrogens is 346 g/mol. The monoisotopic (exact) mass is 369 g/mol. The maximum atomic E-state index is 12.6. The number of carboxylic acids is 1. The second-order valence-electron chi connectivity index (χ2n) is 6.31. The Morgan fingerprint density at radius 3 is 2.60 bits per heavy atom. The molecule has 1 aromatic rings. The fourth-order valence-electron chi connectivity index (χ4n) is 3.08. The lowest BCUT2D eigenvalue weighted by molar-refractivity contribution is -0.150. The highest BCUT2D eigenvalue weighted by molar-refractivity contribution is 6.31. The van der Waals surface area contributed by atoms with Gasteiger partial charge in [0.05, 0.1) is 17.6 Å². The van der Waals surface area contributed by atoms with Crippen LogP contribution >= 0.6 is 11.6 Å². The molecular formula is C18H24ClNO5. The molecule has 7 heteroatoms. The Bertz CT molecular complexity index is 613. The largest absolute Gasteiger partial charge is 0.490 e. The Balaban J connectivity index is 2.08. The number of carbonyl (C=O) groups is 2. The summed E-state index contributed by atoms with van der Waals surface area (Å²) in [5.41, 5.74) is -0.594. The first-order valence-corrected chi connectivity index (χ1v) is 8.79. The fourth-order valence-corrected chi connectivity index (χ4v) is 3.25. The van der Waals surface area contributed by atoms with Crippen molar-refractivity contribution in [3.8, 4) is 5.75 Å². The summed E-state index contributed by atoms with van der Waals surface area (Å²) in [7, 11) is 1.56. The summed E-state index contributed by atoms with van der Waals surface area (Å²) in [5, 5.41) is 12.8. The molecule has 2 N–H and O–H groups in total. The van der Waals surface area contributed by atoms with E-state index in [0.29, 0.717) is 42.4 Å². The van der Waals surface area contributed by atoms with E-state index in [1.54, 1.807) is 19.2 Å². The molecule has 0 heterocycles. The predicted octanol–water partition coefficient (Wildman–Crippen LogP) is 3.13. The van der Waals surface area contributed by atoms with E-state index in [0.717, 1.165) is 19.3 Å². The Labute approximate surface area is 152 Å². The number of halogens is 1. The molecule has 0 saturated heterocycles. The summed E-state index contributed by atoms with van der Waals surface area (Å²) in [4.78, 5) is 24.3. The Hall–Kier alpha value is -1.79. The highest BCUT2D eigenvalue weighted by Crippen LogP contribution is 2.36. The molecule has 25 heavy (non-hydrogen) atoms. The minimum Gasteiger partial charge on any atom is -0.490 e. The lowest BCUT2D eigenvalue weighted by Gasteiger charge is -2.33. The van der Waals surface area contributed by atoms with Crippen molar-refractivity contribution in [1.29, 1.82) is 0 Å². The summed E-state index contributed by atoms with van der Waals surface area (Å²) >= 11 is 5.99. The van der Waals surface area contributed by atoms with Gasteiger partial charge in [0.2, 0.25) is 0 Å². The van der Waals surface area contributed by atoms with E-state index in [2.05, 4.69) is 5.32 Å². The van der Waals surface area contributed by atoms with Crippen molar-refractivity contribution in [3.63, 3.8) is 0 Å². The minimum atomic E-state index is -0.885. The van der Waals surface area contributed by atoms with Crippen LogP contribution in [-0.2, 0) is 9.53 Å². The van der Waals surface area contributed by atoms with Crippen LogP contribution in [0.25, 0.3) is 0 Å². The van der Waals surface area contributed by atoms with Crippen LogP contribution in [-0.4, -0.2) is 43.9 Å². The van der Waals surface area contributed by atoms with Gasteiger partial charge in [0.25, 0.3) is 5.91 Å². The summed E-state index contributed by atoms with van der Waals surface area (Å²) in [6.45, 7) is 0.800. The van der Waals surface area contributed by atoms with E-state index in [9.17, 15) is 14.7 Å². The molecule has 1 fully saturated rings. The molecule has 0 bridgehead atoms. The van der Waals surface area contributed by atoms with Crippen molar-refractivity contribution < 1.29 is 24.2 Å². The van der Waals surface area contributed by atoms with Crippen LogP contribution in [0.5, 0.6) is 5.75 Å². The average molecular weight is 370 g/mol. The van der Waals surface area contributed by atoms with Crippen molar-refractivity contribution in [2.75, 3.05) is 26.9 Å². The van der Waals surface area contributed by atoms with Gasteiger partial charge in [-0.15, -0.1) is 0 Å². The zero-order valence-corrected chi connectivity index (χ0v) is 15.1. The Morgan fingerprint density at radius 1 is 1.24 bits per heavy atom. The second-order valence-corrected chi connectivity index (χ2v) is 6.75. The van der Waals surface area contributed by atoms with Crippen LogP contribution in [0.2, 0.25) is 5.02 Å². The molecule has 2 rings (SSSR count). The van der Waals surface area contributed by atoms with Gasteiger partial charge >= 0.3 is 5.97 Å². The number of hydrogen-bond acceptors (Lipinski definition) is 4. The molecule has 1 amide bonds. The van der Waals surface area contributed by atoms with Crippen molar-refractivity contribution >= 4 is 23.5 Å². The Morgan fingerprint density at radius 2 is 1.96 bits per heavy atom. The molecule has 0 aromatic heterocycles.